The van der Waals surface area contributed by atoms with Gasteiger partial charge in [0, 0.05) is 25.2 Å². The lowest BCUT2D eigenvalue weighted by Crippen LogP contribution is -2.55. The highest BCUT2D eigenvalue weighted by molar-refractivity contribution is 5.68. The third-order valence-corrected chi connectivity index (χ3v) is 7.11. The number of piperidine rings is 1. The Bertz CT molecular complexity index is 764. The van der Waals surface area contributed by atoms with E-state index < -0.39 is 5.60 Å². The molecule has 0 aromatic heterocycles. The van der Waals surface area contributed by atoms with E-state index in [2.05, 4.69) is 48.6 Å². The fraction of sp³-hybridized carbons (Fsp3) is 0.654. The molecular weight excluding hydrogens is 372 g/mol. The van der Waals surface area contributed by atoms with Crippen LogP contribution in [-0.2, 0) is 4.74 Å². The van der Waals surface area contributed by atoms with Crippen LogP contribution in [0.3, 0.4) is 0 Å². The molecule has 164 valence electrons. The second-order valence-corrected chi connectivity index (χ2v) is 10.7. The van der Waals surface area contributed by atoms with Crippen LogP contribution in [-0.4, -0.2) is 41.8 Å². The molecule has 1 amide bonds. The highest BCUT2D eigenvalue weighted by atomic mass is 16.6. The largest absolute Gasteiger partial charge is 0.444 e. The van der Waals surface area contributed by atoms with Crippen LogP contribution in [0.1, 0.15) is 71.8 Å². The van der Waals surface area contributed by atoms with Crippen LogP contribution in [0.15, 0.2) is 35.9 Å². The number of ether oxygens (including phenoxy) is 1. The molecule has 1 heterocycles. The summed E-state index contributed by atoms with van der Waals surface area (Å²) in [6.07, 6.45) is 9.42. The van der Waals surface area contributed by atoms with Gasteiger partial charge in [0.05, 0.1) is 0 Å². The molecule has 1 aromatic rings. The zero-order valence-corrected chi connectivity index (χ0v) is 19.1. The Hall–Kier alpha value is -1.81. The molecule has 1 aromatic carbocycles. The number of carbonyl (C=O) groups is 1. The molecule has 4 nitrogen and oxygen atoms in total. The minimum Gasteiger partial charge on any atom is -0.444 e. The predicted octanol–water partition coefficient (Wildman–Crippen LogP) is 5.64. The molecule has 2 atom stereocenters. The van der Waals surface area contributed by atoms with Crippen LogP contribution in [0.2, 0.25) is 0 Å². The number of hydrogen-bond donors (Lipinski definition) is 1. The van der Waals surface area contributed by atoms with Crippen LogP contribution in [0, 0.1) is 11.3 Å². The van der Waals surface area contributed by atoms with Gasteiger partial charge in [0.2, 0.25) is 0 Å². The van der Waals surface area contributed by atoms with Gasteiger partial charge in [-0.3, -0.25) is 0 Å². The Morgan fingerprint density at radius 3 is 2.47 bits per heavy atom. The van der Waals surface area contributed by atoms with E-state index in [-0.39, 0.29) is 6.09 Å². The van der Waals surface area contributed by atoms with Gasteiger partial charge < -0.3 is 15.0 Å². The predicted molar refractivity (Wildman–Crippen MR) is 122 cm³/mol. The molecule has 0 bridgehead atoms. The second-order valence-electron chi connectivity index (χ2n) is 10.7. The first-order valence-corrected chi connectivity index (χ1v) is 11.8. The number of carbonyl (C=O) groups excluding carboxylic acids is 1. The zero-order chi connectivity index (χ0) is 21.4. The molecule has 30 heavy (non-hydrogen) atoms. The average molecular weight is 411 g/mol. The first kappa shape index (κ1) is 21.4. The Labute approximate surface area is 182 Å². The fourth-order valence-electron chi connectivity index (χ4n) is 5.33. The van der Waals surface area contributed by atoms with Gasteiger partial charge >= 0.3 is 6.09 Å². The summed E-state index contributed by atoms with van der Waals surface area (Å²) >= 11 is 0. The first-order chi connectivity index (χ1) is 14.3. The normalized spacial score (nSPS) is 26.4. The average Bonchev–Trinajstić information content (AvgIpc) is 3.44. The van der Waals surface area contributed by atoms with Crippen molar-refractivity contribution in [3.05, 3.63) is 41.5 Å². The first-order valence-electron chi connectivity index (χ1n) is 11.8. The minimum atomic E-state index is -0.412. The van der Waals surface area contributed by atoms with Crippen molar-refractivity contribution in [3.8, 4) is 0 Å². The van der Waals surface area contributed by atoms with E-state index in [0.29, 0.717) is 23.4 Å². The van der Waals surface area contributed by atoms with E-state index in [1.165, 1.54) is 24.8 Å². The molecule has 2 aliphatic carbocycles. The summed E-state index contributed by atoms with van der Waals surface area (Å²) in [6.45, 7) is 9.76. The molecule has 1 aliphatic heterocycles. The second kappa shape index (κ2) is 8.37. The van der Waals surface area contributed by atoms with E-state index in [9.17, 15) is 4.79 Å². The van der Waals surface area contributed by atoms with E-state index in [1.807, 2.05) is 25.7 Å². The maximum atomic E-state index is 12.3. The highest BCUT2D eigenvalue weighted by Crippen LogP contribution is 2.51. The van der Waals surface area contributed by atoms with Crippen LogP contribution in [0.5, 0.6) is 0 Å². The number of rotatable bonds is 5. The Morgan fingerprint density at radius 1 is 1.20 bits per heavy atom. The molecule has 0 radical (unpaired) electrons. The van der Waals surface area contributed by atoms with Gasteiger partial charge in [0.15, 0.2) is 0 Å². The third-order valence-electron chi connectivity index (χ3n) is 7.11. The highest BCUT2D eigenvalue weighted by Gasteiger charge is 2.49. The maximum absolute atomic E-state index is 12.3. The van der Waals surface area contributed by atoms with Crippen LogP contribution in [0.4, 0.5) is 4.79 Å². The van der Waals surface area contributed by atoms with Crippen molar-refractivity contribution in [1.29, 1.82) is 0 Å². The minimum absolute atomic E-state index is 0.149. The number of amides is 1. The molecule has 4 heteroatoms. The Morgan fingerprint density at radius 2 is 1.87 bits per heavy atom. The van der Waals surface area contributed by atoms with E-state index >= 15 is 0 Å². The van der Waals surface area contributed by atoms with Crippen molar-refractivity contribution in [1.82, 2.24) is 10.2 Å². The van der Waals surface area contributed by atoms with Crippen molar-refractivity contribution in [2.45, 2.75) is 83.9 Å². The molecule has 0 unspecified atom stereocenters. The van der Waals surface area contributed by atoms with Crippen molar-refractivity contribution in [2.75, 3.05) is 13.1 Å². The number of hydrogen-bond acceptors (Lipinski definition) is 3. The molecule has 2 saturated carbocycles. The summed E-state index contributed by atoms with van der Waals surface area (Å²) in [6, 6.07) is 12.0. The standard InChI is InChI=1S/C26H38N2O2/c1-5-20(15-19-9-7-6-8-10-19)22-16-23(22)27-21-17-26(18-21)11-13-28(14-12-26)24(29)30-25(2,3)4/h6-10,15,21-23,27H,5,11-14,16-18H2,1-4H3/b20-15+/t22-,23+/m0/s1. The molecule has 1 saturated heterocycles. The van der Waals surface area contributed by atoms with E-state index in [4.69, 9.17) is 4.74 Å². The maximum Gasteiger partial charge on any atom is 0.410 e. The summed E-state index contributed by atoms with van der Waals surface area (Å²) in [5.74, 6) is 0.709. The molecule has 1 N–H and O–H groups in total. The number of benzene rings is 1. The lowest BCUT2D eigenvalue weighted by Gasteiger charge is -2.52. The van der Waals surface area contributed by atoms with Crippen molar-refractivity contribution >= 4 is 12.2 Å². The van der Waals surface area contributed by atoms with Gasteiger partial charge in [-0.05, 0) is 76.2 Å². The van der Waals surface area contributed by atoms with Crippen LogP contribution >= 0.6 is 0 Å². The molecular formula is C26H38N2O2. The summed E-state index contributed by atoms with van der Waals surface area (Å²) in [5, 5.41) is 3.93. The van der Waals surface area contributed by atoms with Crippen molar-refractivity contribution < 1.29 is 9.53 Å². The summed E-state index contributed by atoms with van der Waals surface area (Å²) in [7, 11) is 0. The Kier molecular flexibility index (Phi) is 5.98. The van der Waals surface area contributed by atoms with Crippen LogP contribution < -0.4 is 5.32 Å². The lowest BCUT2D eigenvalue weighted by atomic mass is 9.60. The van der Waals surface area contributed by atoms with Crippen molar-refractivity contribution in [2.24, 2.45) is 11.3 Å². The SMILES string of the molecule is CC/C(=C\c1ccccc1)[C@@H]1C[C@H]1NC1CC2(CCN(C(=O)OC(C)(C)C)CC2)C1. The fourth-order valence-corrected chi connectivity index (χ4v) is 5.33. The zero-order valence-electron chi connectivity index (χ0n) is 19.1. The number of nitrogens with zero attached hydrogens (tertiary/aromatic N) is 1. The lowest BCUT2D eigenvalue weighted by molar-refractivity contribution is -0.0165. The summed E-state index contributed by atoms with van der Waals surface area (Å²) < 4.78 is 5.54. The smallest absolute Gasteiger partial charge is 0.410 e. The summed E-state index contributed by atoms with van der Waals surface area (Å²) in [4.78, 5) is 14.2. The van der Waals surface area contributed by atoms with Gasteiger partial charge in [-0.1, -0.05) is 48.9 Å². The number of nitrogens with one attached hydrogen (secondary N) is 1. The van der Waals surface area contributed by atoms with Gasteiger partial charge in [-0.2, -0.15) is 0 Å². The van der Waals surface area contributed by atoms with Gasteiger partial charge in [0.25, 0.3) is 0 Å². The third kappa shape index (κ3) is 5.08. The van der Waals surface area contributed by atoms with E-state index in [0.717, 1.165) is 32.4 Å². The van der Waals surface area contributed by atoms with Gasteiger partial charge in [-0.15, -0.1) is 0 Å². The van der Waals surface area contributed by atoms with E-state index in [1.54, 1.807) is 5.57 Å². The van der Waals surface area contributed by atoms with Gasteiger partial charge in [0.1, 0.15) is 5.60 Å². The Balaban J connectivity index is 1.21. The van der Waals surface area contributed by atoms with Gasteiger partial charge in [-0.25, -0.2) is 4.79 Å². The molecule has 4 rings (SSSR count). The monoisotopic (exact) mass is 410 g/mol. The molecule has 3 aliphatic rings. The summed E-state index contributed by atoms with van der Waals surface area (Å²) in [5.41, 5.74) is 2.94. The van der Waals surface area contributed by atoms with Crippen molar-refractivity contribution in [3.63, 3.8) is 0 Å². The topological polar surface area (TPSA) is 41.6 Å². The number of likely N-dealkylation sites (tertiary alicyclic amines) is 1. The quantitative estimate of drug-likeness (QED) is 0.683. The molecule has 1 spiro atoms. The molecule has 3 fully saturated rings. The van der Waals surface area contributed by atoms with Crippen LogP contribution in [0.25, 0.3) is 6.08 Å².